The Morgan fingerprint density at radius 2 is 2.26 bits per heavy atom. The molecule has 0 bridgehead atoms. The molecule has 1 atom stereocenters. The van der Waals surface area contributed by atoms with Gasteiger partial charge in [-0.1, -0.05) is 6.07 Å². The van der Waals surface area contributed by atoms with Gasteiger partial charge < -0.3 is 15.2 Å². The Labute approximate surface area is 111 Å². The van der Waals surface area contributed by atoms with E-state index in [2.05, 4.69) is 10.3 Å². The van der Waals surface area contributed by atoms with Gasteiger partial charge in [-0.05, 0) is 24.6 Å². The first-order valence-corrected chi connectivity index (χ1v) is 5.69. The van der Waals surface area contributed by atoms with Crippen molar-refractivity contribution in [1.82, 2.24) is 10.3 Å². The Kier molecular flexibility index (Phi) is 5.69. The lowest BCUT2D eigenvalue weighted by Crippen LogP contribution is -2.36. The predicted octanol–water partition coefficient (Wildman–Crippen LogP) is 0.944. The average molecular weight is 264 g/mol. The summed E-state index contributed by atoms with van der Waals surface area (Å²) in [6, 6.07) is 3.06. The number of carbonyl (C=O) groups is 2. The van der Waals surface area contributed by atoms with Crippen molar-refractivity contribution in [3.05, 3.63) is 35.7 Å². The Morgan fingerprint density at radius 1 is 1.53 bits per heavy atom. The first-order valence-electron chi connectivity index (χ1n) is 5.69. The number of methoxy groups -OCH3 is 1. The molecule has 0 aliphatic heterocycles. The van der Waals surface area contributed by atoms with Gasteiger partial charge in [-0.3, -0.25) is 9.78 Å². The van der Waals surface area contributed by atoms with Crippen LogP contribution >= 0.6 is 0 Å². The highest BCUT2D eigenvalue weighted by Crippen LogP contribution is 2.03. The molecule has 0 aliphatic rings. The Morgan fingerprint density at radius 3 is 2.79 bits per heavy atom. The second-order valence-corrected chi connectivity index (χ2v) is 3.98. The number of ether oxygens (including phenoxy) is 1. The molecule has 0 fully saturated rings. The number of nitrogens with one attached hydrogen (secondary N) is 1. The lowest BCUT2D eigenvalue weighted by atomic mass is 10.2. The van der Waals surface area contributed by atoms with Crippen molar-refractivity contribution in [2.75, 3.05) is 13.7 Å². The van der Waals surface area contributed by atoms with Crippen LogP contribution in [0, 0.1) is 0 Å². The van der Waals surface area contributed by atoms with Gasteiger partial charge >= 0.3 is 5.97 Å². The molecule has 102 valence electrons. The van der Waals surface area contributed by atoms with Gasteiger partial charge in [-0.25, -0.2) is 4.79 Å². The summed E-state index contributed by atoms with van der Waals surface area (Å²) in [5.74, 6) is -1.33. The predicted molar refractivity (Wildman–Crippen MR) is 69.7 cm³/mol. The highest BCUT2D eigenvalue weighted by molar-refractivity contribution is 5.92. The van der Waals surface area contributed by atoms with E-state index >= 15 is 0 Å². The maximum atomic E-state index is 11.8. The zero-order valence-electron chi connectivity index (χ0n) is 10.8. The number of nitrogens with zero attached hydrogens (tertiary/aromatic N) is 1. The average Bonchev–Trinajstić information content (AvgIpc) is 2.37. The van der Waals surface area contributed by atoms with Gasteiger partial charge in [0.1, 0.15) is 5.69 Å². The van der Waals surface area contributed by atoms with Crippen molar-refractivity contribution in [3.63, 3.8) is 0 Å². The van der Waals surface area contributed by atoms with Crippen molar-refractivity contribution in [2.45, 2.75) is 13.0 Å². The van der Waals surface area contributed by atoms with E-state index in [1.54, 1.807) is 13.2 Å². The molecule has 0 saturated carbocycles. The third kappa shape index (κ3) is 5.31. The largest absolute Gasteiger partial charge is 0.478 e. The molecule has 0 spiro atoms. The number of carboxylic acid groups (broad SMARTS) is 1. The minimum atomic E-state index is -1.03. The highest BCUT2D eigenvalue weighted by Gasteiger charge is 2.10. The van der Waals surface area contributed by atoms with Crippen LogP contribution in [0.5, 0.6) is 0 Å². The topological polar surface area (TPSA) is 88.5 Å². The van der Waals surface area contributed by atoms with Crippen molar-refractivity contribution in [1.29, 1.82) is 0 Å². The van der Waals surface area contributed by atoms with Crippen LogP contribution in [0.3, 0.4) is 0 Å². The molecule has 0 radical (unpaired) electrons. The number of pyridine rings is 1. The van der Waals surface area contributed by atoms with Gasteiger partial charge in [0.2, 0.25) is 0 Å². The van der Waals surface area contributed by atoms with Crippen molar-refractivity contribution < 1.29 is 19.4 Å². The van der Waals surface area contributed by atoms with Crippen LogP contribution in [0.25, 0.3) is 6.08 Å². The number of amides is 1. The van der Waals surface area contributed by atoms with Crippen LogP contribution in [0.4, 0.5) is 0 Å². The monoisotopic (exact) mass is 264 g/mol. The molecule has 6 heteroatoms. The minimum Gasteiger partial charge on any atom is -0.478 e. The normalized spacial score (nSPS) is 12.3. The summed E-state index contributed by atoms with van der Waals surface area (Å²) in [4.78, 5) is 26.1. The van der Waals surface area contributed by atoms with Gasteiger partial charge in [0.25, 0.3) is 5.91 Å². The van der Waals surface area contributed by atoms with Crippen molar-refractivity contribution in [2.24, 2.45) is 0 Å². The van der Waals surface area contributed by atoms with Gasteiger partial charge in [-0.15, -0.1) is 0 Å². The van der Waals surface area contributed by atoms with Gasteiger partial charge in [0, 0.05) is 25.4 Å². The molecular weight excluding hydrogens is 248 g/mol. The van der Waals surface area contributed by atoms with Crippen LogP contribution in [-0.4, -0.2) is 41.7 Å². The third-order valence-electron chi connectivity index (χ3n) is 2.23. The molecular formula is C13H16N2O4. The van der Waals surface area contributed by atoms with E-state index in [9.17, 15) is 9.59 Å². The number of hydrogen-bond acceptors (Lipinski definition) is 4. The van der Waals surface area contributed by atoms with E-state index in [4.69, 9.17) is 9.84 Å². The second kappa shape index (κ2) is 7.27. The maximum Gasteiger partial charge on any atom is 0.328 e. The number of carboxylic acids is 1. The molecule has 19 heavy (non-hydrogen) atoms. The molecule has 1 rings (SSSR count). The minimum absolute atomic E-state index is 0.106. The number of rotatable bonds is 6. The van der Waals surface area contributed by atoms with Crippen molar-refractivity contribution in [3.8, 4) is 0 Å². The summed E-state index contributed by atoms with van der Waals surface area (Å²) in [6.45, 7) is 2.25. The first-order chi connectivity index (χ1) is 9.02. The number of carbonyl (C=O) groups excluding carboxylic acids is 1. The molecule has 1 aromatic heterocycles. The van der Waals surface area contributed by atoms with E-state index in [0.717, 1.165) is 6.08 Å². The fourth-order valence-electron chi connectivity index (χ4n) is 1.40. The summed E-state index contributed by atoms with van der Waals surface area (Å²) >= 11 is 0. The summed E-state index contributed by atoms with van der Waals surface area (Å²) in [6.07, 6.45) is 3.86. The summed E-state index contributed by atoms with van der Waals surface area (Å²) in [5.41, 5.74) is 0.888. The van der Waals surface area contributed by atoms with Crippen molar-refractivity contribution >= 4 is 18.0 Å². The van der Waals surface area contributed by atoms with E-state index < -0.39 is 5.97 Å². The van der Waals surface area contributed by atoms with E-state index in [1.165, 1.54) is 18.3 Å². The Bertz CT molecular complexity index is 468. The van der Waals surface area contributed by atoms with E-state index in [0.29, 0.717) is 12.2 Å². The fourth-order valence-corrected chi connectivity index (χ4v) is 1.40. The van der Waals surface area contributed by atoms with Crippen LogP contribution in [0.2, 0.25) is 0 Å². The number of aliphatic carboxylic acids is 1. The lowest BCUT2D eigenvalue weighted by Gasteiger charge is -2.12. The molecule has 1 heterocycles. The van der Waals surface area contributed by atoms with Crippen LogP contribution < -0.4 is 5.32 Å². The van der Waals surface area contributed by atoms with Gasteiger partial charge in [0.15, 0.2) is 0 Å². The lowest BCUT2D eigenvalue weighted by molar-refractivity contribution is -0.131. The molecule has 0 saturated heterocycles. The first kappa shape index (κ1) is 14.8. The quantitative estimate of drug-likeness (QED) is 0.747. The van der Waals surface area contributed by atoms with Crippen LogP contribution in [0.15, 0.2) is 24.4 Å². The summed E-state index contributed by atoms with van der Waals surface area (Å²) in [7, 11) is 1.56. The zero-order chi connectivity index (χ0) is 14.3. The Balaban J connectivity index is 2.65. The maximum absolute atomic E-state index is 11.8. The summed E-state index contributed by atoms with van der Waals surface area (Å²) in [5, 5.41) is 11.2. The van der Waals surface area contributed by atoms with E-state index in [1.807, 2.05) is 6.92 Å². The second-order valence-electron chi connectivity index (χ2n) is 3.98. The van der Waals surface area contributed by atoms with Crippen LogP contribution in [-0.2, 0) is 9.53 Å². The zero-order valence-corrected chi connectivity index (χ0v) is 10.8. The number of aromatic nitrogens is 1. The summed E-state index contributed by atoms with van der Waals surface area (Å²) < 4.78 is 4.91. The highest BCUT2D eigenvalue weighted by atomic mass is 16.5. The number of hydrogen-bond donors (Lipinski definition) is 2. The SMILES string of the molecule is COCC(C)NC(=O)c1ccc(C=CC(=O)O)cn1. The Hall–Kier alpha value is -2.21. The van der Waals surface area contributed by atoms with Gasteiger partial charge in [0.05, 0.1) is 6.61 Å². The molecule has 2 N–H and O–H groups in total. The molecule has 0 aromatic carbocycles. The fraction of sp³-hybridized carbons (Fsp3) is 0.308. The molecule has 1 aromatic rings. The standard InChI is InChI=1S/C13H16N2O4/c1-9(8-19-2)15-13(18)11-5-3-10(7-14-11)4-6-12(16)17/h3-7,9H,8H2,1-2H3,(H,15,18)(H,16,17). The molecule has 6 nitrogen and oxygen atoms in total. The molecule has 1 amide bonds. The van der Waals surface area contributed by atoms with Crippen LogP contribution in [0.1, 0.15) is 23.0 Å². The smallest absolute Gasteiger partial charge is 0.328 e. The van der Waals surface area contributed by atoms with E-state index in [-0.39, 0.29) is 17.6 Å². The third-order valence-corrected chi connectivity index (χ3v) is 2.23. The van der Waals surface area contributed by atoms with Gasteiger partial charge in [-0.2, -0.15) is 0 Å². The molecule has 0 aliphatic carbocycles. The molecule has 1 unspecified atom stereocenters.